The molecule has 0 atom stereocenters. The number of nitrogen functional groups attached to an aromatic ring is 1. The van der Waals surface area contributed by atoms with Gasteiger partial charge in [0.15, 0.2) is 5.69 Å². The second kappa shape index (κ2) is 6.30. The van der Waals surface area contributed by atoms with Crippen molar-refractivity contribution in [2.75, 3.05) is 5.75 Å². The number of nitrogens with zero attached hydrogens (tertiary/aromatic N) is 3. The molecular formula is C11H12FN5OS. The van der Waals surface area contributed by atoms with Gasteiger partial charge in [0.1, 0.15) is 5.82 Å². The average molecular weight is 281 g/mol. The molecule has 19 heavy (non-hydrogen) atoms. The summed E-state index contributed by atoms with van der Waals surface area (Å²) in [6, 6.07) is 6.56. The highest BCUT2D eigenvalue weighted by Crippen LogP contribution is 2.21. The number of nitrogens with two attached hydrogens (primary N) is 1. The van der Waals surface area contributed by atoms with Crippen LogP contribution in [-0.2, 0) is 6.54 Å². The van der Waals surface area contributed by atoms with Gasteiger partial charge in [-0.15, -0.1) is 16.9 Å². The Kier molecular flexibility index (Phi) is 4.48. The van der Waals surface area contributed by atoms with Crippen LogP contribution < -0.4 is 11.3 Å². The Bertz CT molecular complexity index is 574. The van der Waals surface area contributed by atoms with Crippen molar-refractivity contribution >= 4 is 17.7 Å². The Balaban J connectivity index is 1.88. The number of aryl methyl sites for hydroxylation is 1. The zero-order chi connectivity index (χ0) is 13.7. The molecule has 1 heterocycles. The van der Waals surface area contributed by atoms with Crippen molar-refractivity contribution in [3.63, 3.8) is 0 Å². The van der Waals surface area contributed by atoms with Gasteiger partial charge in [0.25, 0.3) is 5.91 Å². The molecular weight excluding hydrogens is 269 g/mol. The molecule has 6 nitrogen and oxygen atoms in total. The lowest BCUT2D eigenvalue weighted by Crippen LogP contribution is -2.30. The molecule has 2 rings (SSSR count). The summed E-state index contributed by atoms with van der Waals surface area (Å²) in [6.07, 6.45) is 1.49. The number of amides is 1. The molecule has 100 valence electrons. The SMILES string of the molecule is NNC(=O)c1cn(CCSc2ccccc2F)nn1. The van der Waals surface area contributed by atoms with E-state index in [9.17, 15) is 9.18 Å². The standard InChI is InChI=1S/C11H12FN5OS/c12-8-3-1-2-4-10(8)19-6-5-17-7-9(15-16-17)11(18)14-13/h1-4,7H,5-6,13H2,(H,14,18). The van der Waals surface area contributed by atoms with E-state index in [0.29, 0.717) is 17.2 Å². The Hall–Kier alpha value is -1.93. The maximum Gasteiger partial charge on any atom is 0.287 e. The number of hydrogen-bond donors (Lipinski definition) is 2. The van der Waals surface area contributed by atoms with Gasteiger partial charge in [-0.05, 0) is 12.1 Å². The Morgan fingerprint density at radius 3 is 3.00 bits per heavy atom. The maximum atomic E-state index is 13.3. The van der Waals surface area contributed by atoms with E-state index in [1.54, 1.807) is 18.2 Å². The molecule has 0 aliphatic rings. The fraction of sp³-hybridized carbons (Fsp3) is 0.182. The van der Waals surface area contributed by atoms with Crippen molar-refractivity contribution < 1.29 is 9.18 Å². The number of aromatic nitrogens is 3. The molecule has 0 radical (unpaired) electrons. The van der Waals surface area contributed by atoms with Crippen molar-refractivity contribution in [1.82, 2.24) is 20.4 Å². The summed E-state index contributed by atoms with van der Waals surface area (Å²) >= 11 is 1.38. The van der Waals surface area contributed by atoms with Crippen LogP contribution in [0.1, 0.15) is 10.5 Å². The first-order valence-corrected chi connectivity index (χ1v) is 6.47. The molecule has 0 unspecified atom stereocenters. The summed E-state index contributed by atoms with van der Waals surface area (Å²) < 4.78 is 14.9. The van der Waals surface area contributed by atoms with Crippen LogP contribution in [0, 0.1) is 5.82 Å². The van der Waals surface area contributed by atoms with Crippen molar-refractivity contribution in [3.8, 4) is 0 Å². The zero-order valence-corrected chi connectivity index (χ0v) is 10.7. The second-order valence-electron chi connectivity index (χ2n) is 3.62. The lowest BCUT2D eigenvalue weighted by molar-refractivity contribution is 0.0948. The molecule has 3 N–H and O–H groups in total. The third kappa shape index (κ3) is 3.52. The minimum atomic E-state index is -0.493. The number of carbonyl (C=O) groups excluding carboxylic acids is 1. The third-order valence-electron chi connectivity index (χ3n) is 2.32. The first kappa shape index (κ1) is 13.5. The third-order valence-corrected chi connectivity index (χ3v) is 3.35. The summed E-state index contributed by atoms with van der Waals surface area (Å²) in [5.41, 5.74) is 2.13. The predicted molar refractivity (Wildman–Crippen MR) is 68.8 cm³/mol. The molecule has 0 bridgehead atoms. The minimum Gasteiger partial charge on any atom is -0.289 e. The van der Waals surface area contributed by atoms with Gasteiger partial charge in [-0.3, -0.25) is 14.9 Å². The van der Waals surface area contributed by atoms with Crippen molar-refractivity contribution in [2.24, 2.45) is 5.84 Å². The molecule has 1 aromatic carbocycles. The van der Waals surface area contributed by atoms with Gasteiger partial charge in [0, 0.05) is 10.6 Å². The summed E-state index contributed by atoms with van der Waals surface area (Å²) in [5.74, 6) is 4.87. The smallest absolute Gasteiger partial charge is 0.287 e. The number of benzene rings is 1. The monoisotopic (exact) mass is 281 g/mol. The molecule has 2 aromatic rings. The van der Waals surface area contributed by atoms with E-state index in [2.05, 4.69) is 10.3 Å². The van der Waals surface area contributed by atoms with Crippen LogP contribution in [0.25, 0.3) is 0 Å². The summed E-state index contributed by atoms with van der Waals surface area (Å²) in [5, 5.41) is 7.45. The quantitative estimate of drug-likeness (QED) is 0.367. The predicted octanol–water partition coefficient (Wildman–Crippen LogP) is 0.813. The number of hydrazine groups is 1. The van der Waals surface area contributed by atoms with Crippen LogP contribution in [0.5, 0.6) is 0 Å². The van der Waals surface area contributed by atoms with Crippen LogP contribution in [0.3, 0.4) is 0 Å². The first-order valence-electron chi connectivity index (χ1n) is 5.49. The van der Waals surface area contributed by atoms with Crippen molar-refractivity contribution in [2.45, 2.75) is 11.4 Å². The van der Waals surface area contributed by atoms with E-state index in [1.807, 2.05) is 5.43 Å². The number of carbonyl (C=O) groups is 1. The van der Waals surface area contributed by atoms with Gasteiger partial charge in [-0.2, -0.15) is 0 Å². The fourth-order valence-corrected chi connectivity index (χ4v) is 2.28. The lowest BCUT2D eigenvalue weighted by Gasteiger charge is -2.02. The van der Waals surface area contributed by atoms with Gasteiger partial charge >= 0.3 is 0 Å². The zero-order valence-electron chi connectivity index (χ0n) is 9.91. The topological polar surface area (TPSA) is 85.8 Å². The van der Waals surface area contributed by atoms with Crippen molar-refractivity contribution in [3.05, 3.63) is 42.0 Å². The summed E-state index contributed by atoms with van der Waals surface area (Å²) in [6.45, 7) is 0.518. The number of thioether (sulfide) groups is 1. The second-order valence-corrected chi connectivity index (χ2v) is 4.76. The molecule has 1 aromatic heterocycles. The van der Waals surface area contributed by atoms with E-state index in [0.717, 1.165) is 0 Å². The largest absolute Gasteiger partial charge is 0.289 e. The number of rotatable bonds is 5. The minimum absolute atomic E-state index is 0.151. The van der Waals surface area contributed by atoms with Crippen LogP contribution in [0.4, 0.5) is 4.39 Å². The van der Waals surface area contributed by atoms with E-state index in [-0.39, 0.29) is 11.5 Å². The molecule has 8 heteroatoms. The number of halogens is 1. The number of hydrogen-bond acceptors (Lipinski definition) is 5. The Morgan fingerprint density at radius 1 is 1.47 bits per heavy atom. The molecule has 0 saturated heterocycles. The van der Waals surface area contributed by atoms with Crippen LogP contribution in [-0.4, -0.2) is 26.7 Å². The van der Waals surface area contributed by atoms with Crippen LogP contribution in [0.15, 0.2) is 35.4 Å². The maximum absolute atomic E-state index is 13.3. The molecule has 0 aliphatic heterocycles. The Morgan fingerprint density at radius 2 is 2.26 bits per heavy atom. The molecule has 0 spiro atoms. The van der Waals surface area contributed by atoms with Gasteiger partial charge in [0.05, 0.1) is 12.7 Å². The molecule has 1 amide bonds. The molecule has 0 saturated carbocycles. The average Bonchev–Trinajstić information content (AvgIpc) is 2.89. The molecule has 0 fully saturated rings. The van der Waals surface area contributed by atoms with Gasteiger partial charge in [-0.25, -0.2) is 10.2 Å². The van der Waals surface area contributed by atoms with Gasteiger partial charge < -0.3 is 0 Å². The fourth-order valence-electron chi connectivity index (χ4n) is 1.40. The highest BCUT2D eigenvalue weighted by Gasteiger charge is 2.08. The summed E-state index contributed by atoms with van der Waals surface area (Å²) in [4.78, 5) is 11.7. The normalized spacial score (nSPS) is 10.4. The van der Waals surface area contributed by atoms with E-state index < -0.39 is 5.91 Å². The van der Waals surface area contributed by atoms with E-state index in [4.69, 9.17) is 5.84 Å². The number of nitrogens with one attached hydrogen (secondary N) is 1. The van der Waals surface area contributed by atoms with E-state index in [1.165, 1.54) is 28.7 Å². The van der Waals surface area contributed by atoms with Crippen molar-refractivity contribution in [1.29, 1.82) is 0 Å². The van der Waals surface area contributed by atoms with Crippen LogP contribution in [0.2, 0.25) is 0 Å². The van der Waals surface area contributed by atoms with Gasteiger partial charge in [0.2, 0.25) is 0 Å². The highest BCUT2D eigenvalue weighted by molar-refractivity contribution is 7.99. The summed E-state index contributed by atoms with van der Waals surface area (Å²) in [7, 11) is 0. The van der Waals surface area contributed by atoms with Crippen LogP contribution >= 0.6 is 11.8 Å². The van der Waals surface area contributed by atoms with E-state index >= 15 is 0 Å². The highest BCUT2D eigenvalue weighted by atomic mass is 32.2. The van der Waals surface area contributed by atoms with Gasteiger partial charge in [-0.1, -0.05) is 17.3 Å². The Labute approximate surface area is 113 Å². The molecule has 0 aliphatic carbocycles. The lowest BCUT2D eigenvalue weighted by atomic mass is 10.3. The first-order chi connectivity index (χ1) is 9.20.